The highest BCUT2D eigenvalue weighted by Crippen LogP contribution is 2.42. The van der Waals surface area contributed by atoms with Gasteiger partial charge in [-0.3, -0.25) is 4.79 Å². The van der Waals surface area contributed by atoms with Crippen LogP contribution in [0.3, 0.4) is 0 Å². The summed E-state index contributed by atoms with van der Waals surface area (Å²) in [6.07, 6.45) is -4.23. The van der Waals surface area contributed by atoms with Gasteiger partial charge in [-0.05, 0) is 74.4 Å². The first-order chi connectivity index (χ1) is 18.9. The second-order valence-corrected chi connectivity index (χ2v) is 11.0. The van der Waals surface area contributed by atoms with Crippen LogP contribution >= 0.6 is 0 Å². The predicted molar refractivity (Wildman–Crippen MR) is 143 cm³/mol. The lowest BCUT2D eigenvalue weighted by Crippen LogP contribution is -2.67. The quantitative estimate of drug-likeness (QED) is 0.246. The number of phenols is 1. The first-order valence-corrected chi connectivity index (χ1v) is 13.5. The van der Waals surface area contributed by atoms with Crippen LogP contribution in [0.2, 0.25) is 0 Å². The van der Waals surface area contributed by atoms with E-state index in [1.165, 1.54) is 19.1 Å². The molecule has 220 valence electrons. The van der Waals surface area contributed by atoms with Crippen LogP contribution in [0.25, 0.3) is 10.8 Å². The number of Topliss-reactive ketones (excluding diaryl/α,β-unsaturated/α-hetero) is 1. The third-order valence-corrected chi connectivity index (χ3v) is 8.42. The summed E-state index contributed by atoms with van der Waals surface area (Å²) in [4.78, 5) is 24.0. The van der Waals surface area contributed by atoms with Crippen molar-refractivity contribution in [2.24, 2.45) is 11.8 Å². The molecule has 0 bridgehead atoms. The number of rotatable bonds is 9. The van der Waals surface area contributed by atoms with Crippen LogP contribution in [0.4, 0.5) is 0 Å². The Balaban J connectivity index is 1.64. The third kappa shape index (κ3) is 5.67. The zero-order chi connectivity index (χ0) is 29.4. The molecule has 0 radical (unpaired) electrons. The lowest BCUT2D eigenvalue weighted by Gasteiger charge is -2.48. The first-order valence-electron chi connectivity index (χ1n) is 13.5. The maximum absolute atomic E-state index is 12.2. The van der Waals surface area contributed by atoms with Gasteiger partial charge in [-0.2, -0.15) is 0 Å². The minimum Gasteiger partial charge on any atom is -0.506 e. The van der Waals surface area contributed by atoms with Gasteiger partial charge in [0.1, 0.15) is 35.4 Å². The molecule has 0 aromatic heterocycles. The second kappa shape index (κ2) is 12.0. The Morgan fingerprint density at radius 1 is 1.18 bits per heavy atom. The van der Waals surface area contributed by atoms with Gasteiger partial charge in [0.2, 0.25) is 6.29 Å². The number of carboxylic acids is 1. The standard InChI is InChI=1S/C29H38O11/c1-14(17-5-8-38-9-6-17)4-7-29(37)21(13-30)40-28(25(33)26(29)34)39-20-12-19(27(35)36)11-18-10-15(2)22(16(3)31)24(32)23(18)20/h10-12,14,17,21,25-26,28,30,32-34,37H,4-9,13H2,1-3H3,(H,35,36)/t14-,21-,25-,26-,28+,29-/m1/s1. The maximum Gasteiger partial charge on any atom is 0.335 e. The van der Waals surface area contributed by atoms with Crippen molar-refractivity contribution in [2.45, 2.75) is 76.7 Å². The monoisotopic (exact) mass is 562 g/mol. The molecule has 2 aromatic rings. The van der Waals surface area contributed by atoms with Gasteiger partial charge in [0.25, 0.3) is 0 Å². The van der Waals surface area contributed by atoms with Crippen LogP contribution < -0.4 is 4.74 Å². The highest BCUT2D eigenvalue weighted by atomic mass is 16.7. The topological polar surface area (TPSA) is 183 Å². The first kappa shape index (κ1) is 30.2. The molecule has 2 aromatic carbocycles. The van der Waals surface area contributed by atoms with E-state index < -0.39 is 54.3 Å². The van der Waals surface area contributed by atoms with E-state index in [1.54, 1.807) is 6.92 Å². The largest absolute Gasteiger partial charge is 0.506 e. The molecule has 0 spiro atoms. The molecule has 2 fully saturated rings. The van der Waals surface area contributed by atoms with E-state index in [2.05, 4.69) is 6.92 Å². The lowest BCUT2D eigenvalue weighted by molar-refractivity contribution is -0.315. The fourth-order valence-electron chi connectivity index (χ4n) is 5.99. The Labute approximate surface area is 231 Å². The van der Waals surface area contributed by atoms with Gasteiger partial charge in [-0.25, -0.2) is 4.79 Å². The molecule has 0 unspecified atom stereocenters. The number of hydrogen-bond acceptors (Lipinski definition) is 10. The van der Waals surface area contributed by atoms with E-state index in [1.807, 2.05) is 0 Å². The van der Waals surface area contributed by atoms with Crippen molar-refractivity contribution in [2.75, 3.05) is 19.8 Å². The minimum absolute atomic E-state index is 0.0118. The van der Waals surface area contributed by atoms with Crippen LogP contribution in [0.15, 0.2) is 18.2 Å². The highest BCUT2D eigenvalue weighted by Gasteiger charge is 2.55. The zero-order valence-electron chi connectivity index (χ0n) is 22.9. The third-order valence-electron chi connectivity index (χ3n) is 8.42. The van der Waals surface area contributed by atoms with E-state index in [0.29, 0.717) is 31.1 Å². The van der Waals surface area contributed by atoms with Crippen LogP contribution in [0, 0.1) is 18.8 Å². The number of hydrogen-bond donors (Lipinski definition) is 6. The van der Waals surface area contributed by atoms with Crippen molar-refractivity contribution in [1.29, 1.82) is 0 Å². The average molecular weight is 563 g/mol. The van der Waals surface area contributed by atoms with Crippen molar-refractivity contribution < 1.29 is 54.4 Å². The summed E-state index contributed by atoms with van der Waals surface area (Å²) < 4.78 is 17.0. The maximum atomic E-state index is 12.2. The Morgan fingerprint density at radius 2 is 1.85 bits per heavy atom. The number of carbonyl (C=O) groups is 2. The highest BCUT2D eigenvalue weighted by molar-refractivity contribution is 6.08. The summed E-state index contributed by atoms with van der Waals surface area (Å²) in [7, 11) is 0. The molecule has 0 saturated carbocycles. The average Bonchev–Trinajstić information content (AvgIpc) is 2.91. The predicted octanol–water partition coefficient (Wildman–Crippen LogP) is 2.15. The van der Waals surface area contributed by atoms with E-state index in [-0.39, 0.29) is 40.0 Å². The number of carbonyl (C=O) groups excluding carboxylic acids is 1. The molecule has 2 saturated heterocycles. The van der Waals surface area contributed by atoms with Gasteiger partial charge in [0.05, 0.1) is 23.1 Å². The lowest BCUT2D eigenvalue weighted by atomic mass is 9.76. The number of aromatic carboxylic acids is 1. The molecule has 6 N–H and O–H groups in total. The van der Waals surface area contributed by atoms with Gasteiger partial charge in [-0.1, -0.05) is 13.0 Å². The minimum atomic E-state index is -1.99. The number of aliphatic hydroxyl groups is 4. The molecule has 4 rings (SSSR count). The van der Waals surface area contributed by atoms with Gasteiger partial charge in [0.15, 0.2) is 5.78 Å². The number of benzene rings is 2. The van der Waals surface area contributed by atoms with Gasteiger partial charge < -0.3 is 44.8 Å². The van der Waals surface area contributed by atoms with Crippen LogP contribution in [-0.2, 0) is 9.47 Å². The number of ether oxygens (including phenoxy) is 3. The normalized spacial score (nSPS) is 28.4. The Kier molecular flexibility index (Phi) is 9.03. The Bertz CT molecular complexity index is 1250. The fourth-order valence-corrected chi connectivity index (χ4v) is 5.99. The van der Waals surface area contributed by atoms with Gasteiger partial charge in [0, 0.05) is 13.2 Å². The summed E-state index contributed by atoms with van der Waals surface area (Å²) in [6, 6.07) is 3.95. The number of carboxylic acid groups (broad SMARTS) is 1. The summed E-state index contributed by atoms with van der Waals surface area (Å²) in [6.45, 7) is 5.58. The zero-order valence-corrected chi connectivity index (χ0v) is 22.9. The molecular weight excluding hydrogens is 524 g/mol. The molecule has 0 aliphatic carbocycles. The number of fused-ring (bicyclic) bond motifs is 1. The van der Waals surface area contributed by atoms with Crippen molar-refractivity contribution in [3.63, 3.8) is 0 Å². The molecule has 0 amide bonds. The molecular formula is C29H38O11. The van der Waals surface area contributed by atoms with E-state index in [9.17, 15) is 40.2 Å². The number of aliphatic hydroxyl groups excluding tert-OH is 3. The Hall–Kier alpha value is -2.80. The van der Waals surface area contributed by atoms with E-state index >= 15 is 0 Å². The molecule has 2 heterocycles. The van der Waals surface area contributed by atoms with Crippen molar-refractivity contribution in [3.8, 4) is 11.5 Å². The summed E-state index contributed by atoms with van der Waals surface area (Å²) in [5.74, 6) is -1.78. The molecule has 11 nitrogen and oxygen atoms in total. The molecule has 2 aliphatic heterocycles. The number of aromatic hydroxyl groups is 1. The molecule has 2 aliphatic rings. The second-order valence-electron chi connectivity index (χ2n) is 11.0. The SMILES string of the molecule is CC(=O)c1c(C)cc2cc(C(=O)O)cc(O[C@H]3O[C@H](CO)[C@](O)(CC[C@@H](C)C4CCOCC4)[C@H](O)[C@H]3O)c2c1O. The number of phenolic OH excluding ortho intramolecular Hbond substituents is 1. The van der Waals surface area contributed by atoms with Gasteiger partial charge in [-0.15, -0.1) is 0 Å². The molecule has 6 atom stereocenters. The summed E-state index contributed by atoms with van der Waals surface area (Å²) >= 11 is 0. The molecule has 11 heteroatoms. The summed E-state index contributed by atoms with van der Waals surface area (Å²) in [5, 5.41) is 64.4. The summed E-state index contributed by atoms with van der Waals surface area (Å²) in [5.41, 5.74) is -1.73. The van der Waals surface area contributed by atoms with Crippen LogP contribution in [0.1, 0.15) is 65.8 Å². The van der Waals surface area contributed by atoms with Crippen molar-refractivity contribution in [1.82, 2.24) is 0 Å². The number of ketones is 1. The van der Waals surface area contributed by atoms with Crippen LogP contribution in [0.5, 0.6) is 11.5 Å². The smallest absolute Gasteiger partial charge is 0.335 e. The van der Waals surface area contributed by atoms with Crippen LogP contribution in [-0.4, -0.2) is 92.4 Å². The Morgan fingerprint density at radius 3 is 2.45 bits per heavy atom. The van der Waals surface area contributed by atoms with E-state index in [4.69, 9.17) is 14.2 Å². The molecule has 40 heavy (non-hydrogen) atoms. The van der Waals surface area contributed by atoms with Crippen molar-refractivity contribution >= 4 is 22.5 Å². The number of aryl methyl sites for hydroxylation is 1. The van der Waals surface area contributed by atoms with E-state index in [0.717, 1.165) is 18.9 Å². The van der Waals surface area contributed by atoms with Crippen molar-refractivity contribution in [3.05, 3.63) is 34.9 Å². The van der Waals surface area contributed by atoms with Gasteiger partial charge >= 0.3 is 5.97 Å². The fraction of sp³-hybridized carbons (Fsp3) is 0.586.